The van der Waals surface area contributed by atoms with Gasteiger partial charge in [-0.25, -0.2) is 0 Å². The molecule has 25 heavy (non-hydrogen) atoms. The highest BCUT2D eigenvalue weighted by molar-refractivity contribution is 7.99. The maximum Gasteiger partial charge on any atom is 0.322 e. The predicted molar refractivity (Wildman–Crippen MR) is 96.5 cm³/mol. The Balaban J connectivity index is 1.46. The van der Waals surface area contributed by atoms with Crippen LogP contribution in [0, 0.1) is 13.8 Å². The standard InChI is InChI=1S/C18H19N3O3S/c1-12-11-15(13(2)23-12)17-20-21-18(24-17)19-16(22)9-6-10-25-14-7-4-3-5-8-14/h3-5,7-8,11H,6,9-10H2,1-2H3,(H,19,21,22). The van der Waals surface area contributed by atoms with Crippen LogP contribution in [0.3, 0.4) is 0 Å². The third-order valence-electron chi connectivity index (χ3n) is 3.50. The number of nitrogens with zero attached hydrogens (tertiary/aromatic N) is 2. The quantitative estimate of drug-likeness (QED) is 0.497. The first-order chi connectivity index (χ1) is 12.1. The lowest BCUT2D eigenvalue weighted by Crippen LogP contribution is -2.11. The number of benzene rings is 1. The van der Waals surface area contributed by atoms with Gasteiger partial charge in [-0.2, -0.15) is 0 Å². The van der Waals surface area contributed by atoms with Crippen LogP contribution >= 0.6 is 11.8 Å². The molecular formula is C18H19N3O3S. The van der Waals surface area contributed by atoms with Gasteiger partial charge in [0.25, 0.3) is 5.89 Å². The summed E-state index contributed by atoms with van der Waals surface area (Å²) in [6.07, 6.45) is 1.17. The van der Waals surface area contributed by atoms with E-state index in [9.17, 15) is 4.79 Å². The number of hydrogen-bond donors (Lipinski definition) is 1. The first-order valence-electron chi connectivity index (χ1n) is 8.00. The zero-order valence-corrected chi connectivity index (χ0v) is 14.9. The van der Waals surface area contributed by atoms with Crippen LogP contribution in [0.15, 0.2) is 50.1 Å². The van der Waals surface area contributed by atoms with E-state index in [1.165, 1.54) is 4.90 Å². The van der Waals surface area contributed by atoms with Crippen molar-refractivity contribution in [3.63, 3.8) is 0 Å². The van der Waals surface area contributed by atoms with Crippen molar-refractivity contribution in [1.82, 2.24) is 10.2 Å². The van der Waals surface area contributed by atoms with Crippen LogP contribution in [-0.2, 0) is 4.79 Å². The highest BCUT2D eigenvalue weighted by atomic mass is 32.2. The number of nitrogens with one attached hydrogen (secondary N) is 1. The fourth-order valence-corrected chi connectivity index (χ4v) is 3.22. The molecule has 0 aliphatic carbocycles. The number of rotatable bonds is 7. The lowest BCUT2D eigenvalue weighted by atomic mass is 10.2. The molecule has 0 unspecified atom stereocenters. The number of hydrogen-bond acceptors (Lipinski definition) is 6. The molecule has 1 N–H and O–H groups in total. The van der Waals surface area contributed by atoms with Crippen LogP contribution in [-0.4, -0.2) is 21.9 Å². The topological polar surface area (TPSA) is 81.2 Å². The molecule has 3 aromatic rings. The van der Waals surface area contributed by atoms with Crippen molar-refractivity contribution in [2.24, 2.45) is 0 Å². The minimum atomic E-state index is -0.135. The molecular weight excluding hydrogens is 338 g/mol. The average Bonchev–Trinajstić information content (AvgIpc) is 3.18. The van der Waals surface area contributed by atoms with Crippen molar-refractivity contribution in [2.45, 2.75) is 31.6 Å². The third kappa shape index (κ3) is 4.73. The number of amides is 1. The van der Waals surface area contributed by atoms with Gasteiger partial charge in [0.05, 0.1) is 5.56 Å². The van der Waals surface area contributed by atoms with Crippen LogP contribution < -0.4 is 5.32 Å². The van der Waals surface area contributed by atoms with Gasteiger partial charge < -0.3 is 8.83 Å². The van der Waals surface area contributed by atoms with Crippen LogP contribution in [0.5, 0.6) is 0 Å². The monoisotopic (exact) mass is 357 g/mol. The van der Waals surface area contributed by atoms with E-state index in [1.807, 2.05) is 38.1 Å². The van der Waals surface area contributed by atoms with E-state index in [1.54, 1.807) is 11.8 Å². The zero-order valence-electron chi connectivity index (χ0n) is 14.1. The molecule has 0 saturated heterocycles. The fraction of sp³-hybridized carbons (Fsp3) is 0.278. The van der Waals surface area contributed by atoms with Crippen LogP contribution in [0.25, 0.3) is 11.5 Å². The molecule has 0 radical (unpaired) electrons. The lowest BCUT2D eigenvalue weighted by molar-refractivity contribution is -0.116. The van der Waals surface area contributed by atoms with Crippen molar-refractivity contribution < 1.29 is 13.6 Å². The molecule has 2 aromatic heterocycles. The van der Waals surface area contributed by atoms with Gasteiger partial charge in [0.1, 0.15) is 11.5 Å². The van der Waals surface area contributed by atoms with Crippen molar-refractivity contribution in [2.75, 3.05) is 11.1 Å². The molecule has 3 rings (SSSR count). The summed E-state index contributed by atoms with van der Waals surface area (Å²) in [4.78, 5) is 13.2. The van der Waals surface area contributed by atoms with Gasteiger partial charge in [-0.05, 0) is 44.2 Å². The van der Waals surface area contributed by atoms with Gasteiger partial charge >= 0.3 is 6.01 Å². The molecule has 0 spiro atoms. The van der Waals surface area contributed by atoms with E-state index in [0.29, 0.717) is 18.1 Å². The summed E-state index contributed by atoms with van der Waals surface area (Å²) in [6.45, 7) is 3.68. The predicted octanol–water partition coefficient (Wildman–Crippen LogP) is 4.46. The summed E-state index contributed by atoms with van der Waals surface area (Å²) >= 11 is 1.73. The maximum atomic E-state index is 12.0. The second-order valence-electron chi connectivity index (χ2n) is 5.55. The number of anilines is 1. The number of aryl methyl sites for hydroxylation is 2. The van der Waals surface area contributed by atoms with Gasteiger partial charge in [-0.1, -0.05) is 23.3 Å². The molecule has 0 bridgehead atoms. The van der Waals surface area contributed by atoms with Gasteiger partial charge in [0.15, 0.2) is 0 Å². The van der Waals surface area contributed by atoms with Crippen molar-refractivity contribution in [3.8, 4) is 11.5 Å². The minimum Gasteiger partial charge on any atom is -0.466 e. The Labute approximate surface area is 150 Å². The van der Waals surface area contributed by atoms with E-state index < -0.39 is 0 Å². The highest BCUT2D eigenvalue weighted by Crippen LogP contribution is 2.26. The molecule has 130 valence electrons. The smallest absolute Gasteiger partial charge is 0.322 e. The molecule has 7 heteroatoms. The summed E-state index contributed by atoms with van der Waals surface area (Å²) in [5.74, 6) is 2.55. The fourth-order valence-electron chi connectivity index (χ4n) is 2.35. The molecule has 0 aliphatic heterocycles. The normalized spacial score (nSPS) is 10.8. The summed E-state index contributed by atoms with van der Waals surface area (Å²) in [5.41, 5.74) is 0.741. The lowest BCUT2D eigenvalue weighted by Gasteiger charge is -2.01. The summed E-state index contributed by atoms with van der Waals surface area (Å²) in [6, 6.07) is 12.1. The number of thioether (sulfide) groups is 1. The number of furan rings is 1. The molecule has 0 atom stereocenters. The molecule has 6 nitrogen and oxygen atoms in total. The molecule has 1 aromatic carbocycles. The molecule has 2 heterocycles. The Bertz CT molecular complexity index is 842. The molecule has 0 saturated carbocycles. The second kappa shape index (κ2) is 8.02. The van der Waals surface area contributed by atoms with Gasteiger partial charge in [0.2, 0.25) is 5.91 Å². The Morgan fingerprint density at radius 2 is 1.96 bits per heavy atom. The SMILES string of the molecule is Cc1cc(-c2nnc(NC(=O)CCCSc3ccccc3)o2)c(C)o1. The number of carbonyl (C=O) groups excluding carboxylic acids is 1. The molecule has 0 fully saturated rings. The average molecular weight is 357 g/mol. The highest BCUT2D eigenvalue weighted by Gasteiger charge is 2.15. The van der Waals surface area contributed by atoms with E-state index in [2.05, 4.69) is 27.6 Å². The summed E-state index contributed by atoms with van der Waals surface area (Å²) < 4.78 is 10.9. The van der Waals surface area contributed by atoms with E-state index in [4.69, 9.17) is 8.83 Å². The number of aromatic nitrogens is 2. The summed E-state index contributed by atoms with van der Waals surface area (Å²) in [7, 11) is 0. The van der Waals surface area contributed by atoms with Crippen LogP contribution in [0.4, 0.5) is 6.01 Å². The van der Waals surface area contributed by atoms with E-state index in [0.717, 1.165) is 23.5 Å². The van der Waals surface area contributed by atoms with Crippen LogP contribution in [0.2, 0.25) is 0 Å². The van der Waals surface area contributed by atoms with Gasteiger partial charge in [-0.3, -0.25) is 10.1 Å². The minimum absolute atomic E-state index is 0.106. The summed E-state index contributed by atoms with van der Waals surface area (Å²) in [5, 5.41) is 10.5. The maximum absolute atomic E-state index is 12.0. The zero-order chi connectivity index (χ0) is 17.6. The Kier molecular flexibility index (Phi) is 5.55. The second-order valence-corrected chi connectivity index (χ2v) is 6.72. The third-order valence-corrected chi connectivity index (χ3v) is 4.60. The largest absolute Gasteiger partial charge is 0.466 e. The van der Waals surface area contributed by atoms with Crippen molar-refractivity contribution in [3.05, 3.63) is 47.9 Å². The molecule has 1 amide bonds. The first kappa shape index (κ1) is 17.3. The van der Waals surface area contributed by atoms with Crippen LogP contribution in [0.1, 0.15) is 24.4 Å². The number of carbonyl (C=O) groups is 1. The van der Waals surface area contributed by atoms with Gasteiger partial charge in [-0.15, -0.1) is 16.9 Å². The molecule has 0 aliphatic rings. The van der Waals surface area contributed by atoms with E-state index in [-0.39, 0.29) is 11.9 Å². The Morgan fingerprint density at radius 3 is 2.68 bits per heavy atom. The Morgan fingerprint density at radius 1 is 1.16 bits per heavy atom. The van der Waals surface area contributed by atoms with Gasteiger partial charge in [0, 0.05) is 11.3 Å². The van der Waals surface area contributed by atoms with E-state index >= 15 is 0 Å². The first-order valence-corrected chi connectivity index (χ1v) is 8.99. The Hall–Kier alpha value is -2.54. The van der Waals surface area contributed by atoms with Crippen molar-refractivity contribution >= 4 is 23.7 Å². The van der Waals surface area contributed by atoms with Crippen molar-refractivity contribution in [1.29, 1.82) is 0 Å².